The van der Waals surface area contributed by atoms with Gasteiger partial charge in [-0.2, -0.15) is 0 Å². The number of hydrogen-bond donors (Lipinski definition) is 2. The molecule has 0 aromatic carbocycles. The van der Waals surface area contributed by atoms with E-state index in [0.29, 0.717) is 32.3 Å². The van der Waals surface area contributed by atoms with Crippen molar-refractivity contribution in [3.05, 3.63) is 0 Å². The third-order valence-electron chi connectivity index (χ3n) is 2.51. The van der Waals surface area contributed by atoms with Crippen LogP contribution in [-0.2, 0) is 13.3 Å². The van der Waals surface area contributed by atoms with Gasteiger partial charge < -0.3 is 24.3 Å². The van der Waals surface area contributed by atoms with Crippen molar-refractivity contribution in [3.63, 3.8) is 0 Å². The molecule has 0 aliphatic heterocycles. The fraction of sp³-hybridized carbons (Fsp3) is 1.00. The van der Waals surface area contributed by atoms with Crippen LogP contribution in [0.2, 0.25) is 6.04 Å². The standard InChI is InChI=1S/C12H30N2O3Si/c1-5-15-18(16-6-2,17-7-3)11-12(4)10-14-9-8-13/h12,14H,5-11,13H2,1-4H3. The first-order valence-electron chi connectivity index (χ1n) is 6.96. The molecule has 0 aromatic rings. The van der Waals surface area contributed by atoms with Crippen LogP contribution in [0.25, 0.3) is 0 Å². The minimum Gasteiger partial charge on any atom is -0.374 e. The van der Waals surface area contributed by atoms with Crippen LogP contribution in [0, 0.1) is 5.92 Å². The SMILES string of the molecule is CCO[Si](CC(C)CNCCN)(OCC)OCC. The van der Waals surface area contributed by atoms with Crippen LogP contribution < -0.4 is 11.1 Å². The topological polar surface area (TPSA) is 65.7 Å². The molecule has 0 heterocycles. The highest BCUT2D eigenvalue weighted by Gasteiger charge is 2.41. The van der Waals surface area contributed by atoms with E-state index in [1.54, 1.807) is 0 Å². The lowest BCUT2D eigenvalue weighted by molar-refractivity contribution is 0.0676. The molecule has 0 bridgehead atoms. The van der Waals surface area contributed by atoms with Crippen LogP contribution in [-0.4, -0.2) is 48.3 Å². The van der Waals surface area contributed by atoms with Crippen LogP contribution in [0.4, 0.5) is 0 Å². The van der Waals surface area contributed by atoms with Crippen LogP contribution in [0.15, 0.2) is 0 Å². The van der Waals surface area contributed by atoms with E-state index in [4.69, 9.17) is 19.0 Å². The highest BCUT2D eigenvalue weighted by molar-refractivity contribution is 6.60. The Morgan fingerprint density at radius 2 is 1.56 bits per heavy atom. The van der Waals surface area contributed by atoms with Crippen molar-refractivity contribution in [1.29, 1.82) is 0 Å². The number of nitrogens with two attached hydrogens (primary N) is 1. The van der Waals surface area contributed by atoms with Gasteiger partial charge in [0.05, 0.1) is 0 Å². The van der Waals surface area contributed by atoms with Crippen molar-refractivity contribution in [3.8, 4) is 0 Å². The molecule has 5 nitrogen and oxygen atoms in total. The average molecular weight is 278 g/mol. The Balaban J connectivity index is 4.34. The molecular formula is C12H30N2O3Si. The minimum absolute atomic E-state index is 0.452. The Hall–Kier alpha value is 0.0169. The molecule has 3 N–H and O–H groups in total. The van der Waals surface area contributed by atoms with Crippen LogP contribution in [0.3, 0.4) is 0 Å². The van der Waals surface area contributed by atoms with Crippen molar-refractivity contribution < 1.29 is 13.3 Å². The summed E-state index contributed by atoms with van der Waals surface area (Å²) in [5.74, 6) is 0.452. The van der Waals surface area contributed by atoms with Gasteiger partial charge in [0, 0.05) is 39.0 Å². The molecule has 0 rings (SSSR count). The molecule has 0 aliphatic rings. The maximum atomic E-state index is 5.83. The number of nitrogens with one attached hydrogen (secondary N) is 1. The quantitative estimate of drug-likeness (QED) is 0.415. The highest BCUT2D eigenvalue weighted by atomic mass is 28.4. The number of hydrogen-bond acceptors (Lipinski definition) is 5. The molecular weight excluding hydrogens is 248 g/mol. The molecule has 6 heteroatoms. The van der Waals surface area contributed by atoms with Gasteiger partial charge in [0.25, 0.3) is 0 Å². The smallest absolute Gasteiger partial charge is 0.374 e. The van der Waals surface area contributed by atoms with Gasteiger partial charge in [-0.15, -0.1) is 0 Å². The van der Waals surface area contributed by atoms with Crippen molar-refractivity contribution in [1.82, 2.24) is 5.32 Å². The van der Waals surface area contributed by atoms with Gasteiger partial charge in [-0.05, 0) is 33.2 Å². The number of rotatable bonds is 12. The molecule has 0 spiro atoms. The summed E-state index contributed by atoms with van der Waals surface area (Å²) in [5, 5.41) is 3.31. The lowest BCUT2D eigenvalue weighted by Crippen LogP contribution is -2.48. The summed E-state index contributed by atoms with van der Waals surface area (Å²) >= 11 is 0. The van der Waals surface area contributed by atoms with Crippen LogP contribution in [0.1, 0.15) is 27.7 Å². The zero-order valence-corrected chi connectivity index (χ0v) is 13.3. The van der Waals surface area contributed by atoms with E-state index in [1.165, 1.54) is 0 Å². The van der Waals surface area contributed by atoms with E-state index in [9.17, 15) is 0 Å². The van der Waals surface area contributed by atoms with E-state index >= 15 is 0 Å². The monoisotopic (exact) mass is 278 g/mol. The fourth-order valence-electron chi connectivity index (χ4n) is 1.91. The second-order valence-electron chi connectivity index (χ2n) is 4.28. The largest absolute Gasteiger partial charge is 0.501 e. The van der Waals surface area contributed by atoms with E-state index < -0.39 is 8.80 Å². The maximum absolute atomic E-state index is 5.83. The zero-order valence-electron chi connectivity index (χ0n) is 12.3. The highest BCUT2D eigenvalue weighted by Crippen LogP contribution is 2.21. The second-order valence-corrected chi connectivity index (χ2v) is 6.92. The third-order valence-corrected chi connectivity index (χ3v) is 5.89. The van der Waals surface area contributed by atoms with E-state index in [-0.39, 0.29) is 0 Å². The normalized spacial score (nSPS) is 13.8. The van der Waals surface area contributed by atoms with Crippen LogP contribution in [0.5, 0.6) is 0 Å². The summed E-state index contributed by atoms with van der Waals surface area (Å²) in [6, 6.07) is 0.847. The van der Waals surface area contributed by atoms with Gasteiger partial charge in [0.2, 0.25) is 0 Å². The molecule has 0 aliphatic carbocycles. The third kappa shape index (κ3) is 7.45. The second kappa shape index (κ2) is 10.9. The Labute approximate surface area is 113 Å². The lowest BCUT2D eigenvalue weighted by atomic mass is 10.2. The van der Waals surface area contributed by atoms with Gasteiger partial charge in [-0.25, -0.2) is 0 Å². The van der Waals surface area contributed by atoms with Gasteiger partial charge in [-0.1, -0.05) is 6.92 Å². The van der Waals surface area contributed by atoms with Crippen molar-refractivity contribution in [2.75, 3.05) is 39.5 Å². The maximum Gasteiger partial charge on any atom is 0.501 e. The molecule has 0 radical (unpaired) electrons. The van der Waals surface area contributed by atoms with Crippen molar-refractivity contribution in [2.45, 2.75) is 33.7 Å². The van der Waals surface area contributed by atoms with Gasteiger partial charge in [-0.3, -0.25) is 0 Å². The molecule has 0 saturated heterocycles. The van der Waals surface area contributed by atoms with Crippen LogP contribution >= 0.6 is 0 Å². The van der Waals surface area contributed by atoms with E-state index in [1.807, 2.05) is 20.8 Å². The molecule has 1 atom stereocenters. The summed E-state index contributed by atoms with van der Waals surface area (Å²) in [5.41, 5.74) is 5.46. The summed E-state index contributed by atoms with van der Waals surface area (Å²) in [6.07, 6.45) is 0. The summed E-state index contributed by atoms with van der Waals surface area (Å²) in [4.78, 5) is 0. The van der Waals surface area contributed by atoms with Crippen molar-refractivity contribution >= 4 is 8.80 Å². The van der Waals surface area contributed by atoms with Crippen molar-refractivity contribution in [2.24, 2.45) is 11.7 Å². The summed E-state index contributed by atoms with van der Waals surface area (Å²) < 4.78 is 17.5. The molecule has 110 valence electrons. The summed E-state index contributed by atoms with van der Waals surface area (Å²) in [7, 11) is -2.49. The van der Waals surface area contributed by atoms with Gasteiger partial charge >= 0.3 is 8.80 Å². The Morgan fingerprint density at radius 1 is 1.06 bits per heavy atom. The first kappa shape index (κ1) is 18.0. The van der Waals surface area contributed by atoms with Gasteiger partial charge in [0.1, 0.15) is 0 Å². The van der Waals surface area contributed by atoms with Gasteiger partial charge in [0.15, 0.2) is 0 Å². The molecule has 0 saturated carbocycles. The Bertz CT molecular complexity index is 179. The first-order chi connectivity index (χ1) is 8.64. The first-order valence-corrected chi connectivity index (χ1v) is 8.89. The lowest BCUT2D eigenvalue weighted by Gasteiger charge is -2.30. The molecule has 0 amide bonds. The molecule has 18 heavy (non-hydrogen) atoms. The minimum atomic E-state index is -2.49. The van der Waals surface area contributed by atoms with E-state index in [0.717, 1.165) is 19.1 Å². The molecule has 1 unspecified atom stereocenters. The Morgan fingerprint density at radius 3 is 1.94 bits per heavy atom. The predicted molar refractivity (Wildman–Crippen MR) is 76.5 cm³/mol. The Kier molecular flexibility index (Phi) is 10.9. The predicted octanol–water partition coefficient (Wildman–Crippen LogP) is 1.22. The fourth-order valence-corrected chi connectivity index (χ4v) is 4.83. The summed E-state index contributed by atoms with van der Waals surface area (Å²) in [6.45, 7) is 12.5. The molecule has 0 aromatic heterocycles. The zero-order chi connectivity index (χ0) is 13.9. The average Bonchev–Trinajstić information content (AvgIpc) is 2.30. The molecule has 0 fully saturated rings. The van der Waals surface area contributed by atoms with E-state index in [2.05, 4.69) is 12.2 Å².